The zero-order chi connectivity index (χ0) is 8.53. The molecule has 0 atom stereocenters. The Morgan fingerprint density at radius 3 is 2.64 bits per heavy atom. The molecule has 0 amide bonds. The van der Waals surface area contributed by atoms with Gasteiger partial charge in [0.1, 0.15) is 0 Å². The first kappa shape index (κ1) is 10.9. The molecule has 0 aliphatic rings. The van der Waals surface area contributed by atoms with Gasteiger partial charge in [0.25, 0.3) is 0 Å². The second-order valence-corrected chi connectivity index (χ2v) is 3.47. The van der Waals surface area contributed by atoms with E-state index in [4.69, 9.17) is 0 Å². The van der Waals surface area contributed by atoms with Crippen LogP contribution in [0.1, 0.15) is 39.0 Å². The third-order valence-electron chi connectivity index (χ3n) is 1.51. The summed E-state index contributed by atoms with van der Waals surface area (Å²) in [6.45, 7) is 2.19. The summed E-state index contributed by atoms with van der Waals surface area (Å²) in [5.74, 6) is 0. The summed E-state index contributed by atoms with van der Waals surface area (Å²) in [5, 5.41) is 0. The van der Waals surface area contributed by atoms with Crippen LogP contribution in [0.25, 0.3) is 0 Å². The predicted octanol–water partition coefficient (Wildman–Crippen LogP) is 3.43. The second kappa shape index (κ2) is 7.99. The number of carbonyl (C=O) groups excluding carboxylic acids is 1. The van der Waals surface area contributed by atoms with Gasteiger partial charge in [-0.1, -0.05) is 32.3 Å². The van der Waals surface area contributed by atoms with Crippen molar-refractivity contribution < 1.29 is 4.79 Å². The van der Waals surface area contributed by atoms with Crippen LogP contribution < -0.4 is 0 Å². The summed E-state index contributed by atoms with van der Waals surface area (Å²) in [7, 11) is 0. The van der Waals surface area contributed by atoms with Crippen molar-refractivity contribution in [2.45, 2.75) is 39.0 Å². The van der Waals surface area contributed by atoms with Gasteiger partial charge in [0.2, 0.25) is 0 Å². The summed E-state index contributed by atoms with van der Waals surface area (Å²) in [6.07, 6.45) is 8.80. The Hall–Kier alpha value is -0.110. The zero-order valence-corrected chi connectivity index (χ0v) is 8.56. The van der Waals surface area contributed by atoms with Crippen LogP contribution in [0.2, 0.25) is 0 Å². The van der Waals surface area contributed by atoms with Gasteiger partial charge >= 0.3 is 0 Å². The van der Waals surface area contributed by atoms with Gasteiger partial charge in [-0.25, -0.2) is 0 Å². The number of aldehydes is 1. The highest BCUT2D eigenvalue weighted by molar-refractivity contribution is 9.12. The normalized spacial score (nSPS) is 11.6. The summed E-state index contributed by atoms with van der Waals surface area (Å²) < 4.78 is 0.675. The fraction of sp³-hybridized carbons (Fsp3) is 0.667. The Bertz CT molecular complexity index is 130. The maximum Gasteiger partial charge on any atom is 0.156 e. The molecule has 0 aromatic rings. The van der Waals surface area contributed by atoms with Crippen LogP contribution in [0, 0.1) is 0 Å². The SMILES string of the molecule is CCCCCC/C=C(\Br)C=O. The van der Waals surface area contributed by atoms with Gasteiger partial charge in [0.15, 0.2) is 6.29 Å². The quantitative estimate of drug-likeness (QED) is 0.380. The Morgan fingerprint density at radius 2 is 2.09 bits per heavy atom. The summed E-state index contributed by atoms with van der Waals surface area (Å²) in [5.41, 5.74) is 0. The van der Waals surface area contributed by atoms with Crippen LogP contribution in [0.5, 0.6) is 0 Å². The number of hydrogen-bond donors (Lipinski definition) is 0. The fourth-order valence-corrected chi connectivity index (χ4v) is 1.09. The van der Waals surface area contributed by atoms with E-state index in [2.05, 4.69) is 22.9 Å². The molecule has 64 valence electrons. The highest BCUT2D eigenvalue weighted by atomic mass is 79.9. The monoisotopic (exact) mass is 218 g/mol. The Balaban J connectivity index is 3.19. The third kappa shape index (κ3) is 7.79. The Morgan fingerprint density at radius 1 is 1.36 bits per heavy atom. The molecule has 0 saturated carbocycles. The first-order valence-electron chi connectivity index (χ1n) is 4.12. The molecule has 0 unspecified atom stereocenters. The average Bonchev–Trinajstić information content (AvgIpc) is 2.04. The molecule has 0 aliphatic heterocycles. The molecule has 0 aromatic heterocycles. The highest BCUT2D eigenvalue weighted by Crippen LogP contribution is 2.07. The Kier molecular flexibility index (Phi) is 7.91. The third-order valence-corrected chi connectivity index (χ3v) is 2.02. The fourth-order valence-electron chi connectivity index (χ4n) is 0.859. The van der Waals surface area contributed by atoms with Crippen molar-refractivity contribution in [2.24, 2.45) is 0 Å². The van der Waals surface area contributed by atoms with E-state index in [1.165, 1.54) is 25.7 Å². The molecule has 2 heteroatoms. The van der Waals surface area contributed by atoms with Crippen LogP contribution in [-0.2, 0) is 4.79 Å². The van der Waals surface area contributed by atoms with E-state index in [0.29, 0.717) is 4.48 Å². The van der Waals surface area contributed by atoms with Gasteiger partial charge in [-0.15, -0.1) is 0 Å². The molecule has 0 bridgehead atoms. The molecule has 0 N–H and O–H groups in total. The molecular formula is C9H15BrO. The lowest BCUT2D eigenvalue weighted by molar-refractivity contribution is -0.104. The molecular weight excluding hydrogens is 204 g/mol. The minimum atomic E-state index is 0.675. The summed E-state index contributed by atoms with van der Waals surface area (Å²) in [6, 6.07) is 0. The first-order valence-corrected chi connectivity index (χ1v) is 4.91. The topological polar surface area (TPSA) is 17.1 Å². The number of halogens is 1. The zero-order valence-electron chi connectivity index (χ0n) is 6.98. The van der Waals surface area contributed by atoms with E-state index in [0.717, 1.165) is 12.7 Å². The van der Waals surface area contributed by atoms with Crippen LogP contribution in [0.15, 0.2) is 10.6 Å². The molecule has 0 rings (SSSR count). The van der Waals surface area contributed by atoms with Gasteiger partial charge in [-0.2, -0.15) is 0 Å². The molecule has 0 fully saturated rings. The van der Waals surface area contributed by atoms with Crippen LogP contribution in [0.3, 0.4) is 0 Å². The van der Waals surface area contributed by atoms with Gasteiger partial charge in [0, 0.05) is 0 Å². The lowest BCUT2D eigenvalue weighted by Gasteiger charge is -1.93. The van der Waals surface area contributed by atoms with Gasteiger partial charge in [-0.05, 0) is 28.8 Å². The number of hydrogen-bond acceptors (Lipinski definition) is 1. The van der Waals surface area contributed by atoms with Crippen molar-refractivity contribution in [3.8, 4) is 0 Å². The lowest BCUT2D eigenvalue weighted by atomic mass is 10.1. The second-order valence-electron chi connectivity index (χ2n) is 2.56. The van der Waals surface area contributed by atoms with Crippen molar-refractivity contribution in [3.63, 3.8) is 0 Å². The first-order chi connectivity index (χ1) is 5.31. The minimum absolute atomic E-state index is 0.675. The molecule has 0 aromatic carbocycles. The smallest absolute Gasteiger partial charge is 0.156 e. The number of unbranched alkanes of at least 4 members (excludes halogenated alkanes) is 4. The van der Waals surface area contributed by atoms with E-state index >= 15 is 0 Å². The van der Waals surface area contributed by atoms with Crippen molar-refractivity contribution >= 4 is 22.2 Å². The number of rotatable bonds is 6. The molecule has 1 nitrogen and oxygen atoms in total. The molecule has 0 spiro atoms. The van der Waals surface area contributed by atoms with Crippen molar-refractivity contribution in [1.82, 2.24) is 0 Å². The van der Waals surface area contributed by atoms with Crippen molar-refractivity contribution in [3.05, 3.63) is 10.6 Å². The Labute approximate surface area is 77.0 Å². The van der Waals surface area contributed by atoms with Crippen LogP contribution in [0.4, 0.5) is 0 Å². The molecule has 0 heterocycles. The van der Waals surface area contributed by atoms with Crippen molar-refractivity contribution in [1.29, 1.82) is 0 Å². The average molecular weight is 219 g/mol. The van der Waals surface area contributed by atoms with E-state index in [1.54, 1.807) is 0 Å². The molecule has 0 radical (unpaired) electrons. The van der Waals surface area contributed by atoms with E-state index in [-0.39, 0.29) is 0 Å². The van der Waals surface area contributed by atoms with Gasteiger partial charge in [0.05, 0.1) is 4.48 Å². The highest BCUT2D eigenvalue weighted by Gasteiger charge is 1.87. The summed E-state index contributed by atoms with van der Waals surface area (Å²) in [4.78, 5) is 10.1. The van der Waals surface area contributed by atoms with Gasteiger partial charge < -0.3 is 0 Å². The van der Waals surface area contributed by atoms with Crippen LogP contribution in [-0.4, -0.2) is 6.29 Å². The maximum atomic E-state index is 10.1. The largest absolute Gasteiger partial charge is 0.297 e. The van der Waals surface area contributed by atoms with E-state index in [9.17, 15) is 4.79 Å². The standard InChI is InChI=1S/C9H15BrO/c1-2-3-4-5-6-7-9(10)8-11/h7-8H,2-6H2,1H3/b9-7-. The number of allylic oxidation sites excluding steroid dienone is 2. The van der Waals surface area contributed by atoms with E-state index < -0.39 is 0 Å². The summed E-state index contributed by atoms with van der Waals surface area (Å²) >= 11 is 3.14. The molecule has 0 aliphatic carbocycles. The predicted molar refractivity (Wildman–Crippen MR) is 51.8 cm³/mol. The minimum Gasteiger partial charge on any atom is -0.297 e. The number of carbonyl (C=O) groups is 1. The van der Waals surface area contributed by atoms with Crippen LogP contribution >= 0.6 is 15.9 Å². The van der Waals surface area contributed by atoms with Gasteiger partial charge in [-0.3, -0.25) is 4.79 Å². The van der Waals surface area contributed by atoms with Crippen molar-refractivity contribution in [2.75, 3.05) is 0 Å². The molecule has 0 saturated heterocycles. The lowest BCUT2D eigenvalue weighted by Crippen LogP contribution is -1.76. The maximum absolute atomic E-state index is 10.1. The van der Waals surface area contributed by atoms with E-state index in [1.807, 2.05) is 6.08 Å². The molecule has 11 heavy (non-hydrogen) atoms.